The molecule has 0 saturated carbocycles. The number of hydrogen-bond donors (Lipinski definition) is 1. The molecule has 17 heavy (non-hydrogen) atoms. The molecule has 0 spiro atoms. The summed E-state index contributed by atoms with van der Waals surface area (Å²) in [5.74, 6) is -5.39. The van der Waals surface area contributed by atoms with Crippen LogP contribution in [0.15, 0.2) is 18.2 Å². The summed E-state index contributed by atoms with van der Waals surface area (Å²) in [6.45, 7) is 0. The van der Waals surface area contributed by atoms with Crippen LogP contribution < -0.4 is 10.4 Å². The molecular formula is C9H4F4NO3-. The van der Waals surface area contributed by atoms with E-state index in [4.69, 9.17) is 0 Å². The van der Waals surface area contributed by atoms with Gasteiger partial charge >= 0.3 is 12.1 Å². The third-order valence-electron chi connectivity index (χ3n) is 1.70. The van der Waals surface area contributed by atoms with Crippen LogP contribution in [0.1, 0.15) is 10.4 Å². The van der Waals surface area contributed by atoms with Crippen LogP contribution in [0, 0.1) is 5.82 Å². The van der Waals surface area contributed by atoms with Crippen molar-refractivity contribution in [3.63, 3.8) is 0 Å². The van der Waals surface area contributed by atoms with E-state index < -0.39 is 35.1 Å². The Morgan fingerprint density at radius 1 is 1.24 bits per heavy atom. The number of carboxylic acid groups (broad SMARTS) is 1. The molecule has 0 aliphatic carbocycles. The van der Waals surface area contributed by atoms with Gasteiger partial charge in [0.15, 0.2) is 0 Å². The molecule has 0 aliphatic heterocycles. The zero-order valence-corrected chi connectivity index (χ0v) is 7.97. The number of aromatic carboxylic acids is 1. The van der Waals surface area contributed by atoms with Crippen LogP contribution in [0.3, 0.4) is 0 Å². The number of carbonyl (C=O) groups excluding carboxylic acids is 2. The van der Waals surface area contributed by atoms with Crippen molar-refractivity contribution in [2.75, 3.05) is 5.32 Å². The average Bonchev–Trinajstić information content (AvgIpc) is 2.15. The van der Waals surface area contributed by atoms with Crippen molar-refractivity contribution in [1.29, 1.82) is 0 Å². The molecule has 0 fully saturated rings. The van der Waals surface area contributed by atoms with Crippen LogP contribution in [0.25, 0.3) is 0 Å². The fourth-order valence-corrected chi connectivity index (χ4v) is 0.960. The minimum atomic E-state index is -5.11. The predicted molar refractivity (Wildman–Crippen MR) is 45.4 cm³/mol. The third kappa shape index (κ3) is 3.16. The zero-order valence-electron chi connectivity index (χ0n) is 7.97. The third-order valence-corrected chi connectivity index (χ3v) is 1.70. The van der Waals surface area contributed by atoms with E-state index in [1.165, 1.54) is 5.32 Å². The fourth-order valence-electron chi connectivity index (χ4n) is 0.960. The number of amides is 1. The predicted octanol–water partition coefficient (Wildman–Crippen LogP) is 0.690. The Bertz CT molecular complexity index is 470. The van der Waals surface area contributed by atoms with Gasteiger partial charge < -0.3 is 15.2 Å². The molecule has 0 aromatic heterocycles. The van der Waals surface area contributed by atoms with E-state index in [0.717, 1.165) is 6.07 Å². The summed E-state index contributed by atoms with van der Waals surface area (Å²) in [4.78, 5) is 20.8. The monoisotopic (exact) mass is 250 g/mol. The topological polar surface area (TPSA) is 69.2 Å². The largest absolute Gasteiger partial charge is 0.545 e. The van der Waals surface area contributed by atoms with Crippen LogP contribution in [0.2, 0.25) is 0 Å². The van der Waals surface area contributed by atoms with Gasteiger partial charge in [-0.2, -0.15) is 13.2 Å². The molecule has 8 heteroatoms. The van der Waals surface area contributed by atoms with Gasteiger partial charge in [-0.05, 0) is 18.2 Å². The molecule has 92 valence electrons. The summed E-state index contributed by atoms with van der Waals surface area (Å²) < 4.78 is 48.5. The molecular weight excluding hydrogens is 246 g/mol. The van der Waals surface area contributed by atoms with E-state index in [9.17, 15) is 32.3 Å². The van der Waals surface area contributed by atoms with Crippen LogP contribution in [0.5, 0.6) is 0 Å². The SMILES string of the molecule is O=C([O-])c1ccc(NC(=O)C(F)(F)F)cc1F. The Labute approximate surface area is 91.9 Å². The van der Waals surface area contributed by atoms with Crippen LogP contribution in [0.4, 0.5) is 23.2 Å². The number of hydrogen-bond acceptors (Lipinski definition) is 3. The number of carbonyl (C=O) groups is 2. The Morgan fingerprint density at radius 2 is 1.82 bits per heavy atom. The minimum absolute atomic E-state index is 0.453. The van der Waals surface area contributed by atoms with Gasteiger partial charge in [0.25, 0.3) is 0 Å². The maximum atomic E-state index is 13.0. The maximum Gasteiger partial charge on any atom is 0.471 e. The zero-order chi connectivity index (χ0) is 13.2. The molecule has 0 unspecified atom stereocenters. The first-order chi connectivity index (χ1) is 7.71. The second-order valence-corrected chi connectivity index (χ2v) is 2.93. The van der Waals surface area contributed by atoms with Gasteiger partial charge in [-0.15, -0.1) is 0 Å². The molecule has 1 N–H and O–H groups in total. The smallest absolute Gasteiger partial charge is 0.471 e. The lowest BCUT2D eigenvalue weighted by Gasteiger charge is -2.09. The molecule has 1 amide bonds. The highest BCUT2D eigenvalue weighted by Crippen LogP contribution is 2.19. The number of halogens is 4. The molecule has 0 saturated heterocycles. The highest BCUT2D eigenvalue weighted by Gasteiger charge is 2.38. The van der Waals surface area contributed by atoms with Crippen LogP contribution in [-0.4, -0.2) is 18.1 Å². The Hall–Kier alpha value is -2.12. The van der Waals surface area contributed by atoms with Crippen LogP contribution >= 0.6 is 0 Å². The van der Waals surface area contributed by atoms with Gasteiger partial charge in [0, 0.05) is 11.3 Å². The first-order valence-corrected chi connectivity index (χ1v) is 4.11. The molecule has 0 radical (unpaired) electrons. The van der Waals surface area contributed by atoms with E-state index >= 15 is 0 Å². The van der Waals surface area contributed by atoms with Gasteiger partial charge in [0.2, 0.25) is 0 Å². The standard InChI is InChI=1S/C9H5F4NO3/c10-6-3-4(1-2-5(6)7(15)16)14-8(17)9(11,12)13/h1-3H,(H,14,17)(H,15,16)/p-1. The molecule has 0 aliphatic rings. The lowest BCUT2D eigenvalue weighted by atomic mass is 10.2. The molecule has 0 heterocycles. The van der Waals surface area contributed by atoms with E-state index in [1.807, 2.05) is 0 Å². The van der Waals surface area contributed by atoms with Crippen molar-refractivity contribution in [3.8, 4) is 0 Å². The second kappa shape index (κ2) is 4.40. The van der Waals surface area contributed by atoms with Crippen molar-refractivity contribution >= 4 is 17.6 Å². The van der Waals surface area contributed by atoms with E-state index in [0.29, 0.717) is 12.1 Å². The van der Waals surface area contributed by atoms with Crippen molar-refractivity contribution < 1.29 is 32.3 Å². The number of benzene rings is 1. The van der Waals surface area contributed by atoms with Gasteiger partial charge in [-0.1, -0.05) is 0 Å². The second-order valence-electron chi connectivity index (χ2n) is 2.93. The molecule has 1 aromatic rings. The van der Waals surface area contributed by atoms with Gasteiger partial charge in [-0.3, -0.25) is 4.79 Å². The maximum absolute atomic E-state index is 13.0. The molecule has 0 atom stereocenters. The van der Waals surface area contributed by atoms with E-state index in [2.05, 4.69) is 0 Å². The quantitative estimate of drug-likeness (QED) is 0.785. The Morgan fingerprint density at radius 3 is 2.24 bits per heavy atom. The van der Waals surface area contributed by atoms with Gasteiger partial charge in [0.1, 0.15) is 5.82 Å². The van der Waals surface area contributed by atoms with Crippen LogP contribution in [-0.2, 0) is 4.79 Å². The molecule has 4 nitrogen and oxygen atoms in total. The highest BCUT2D eigenvalue weighted by molar-refractivity contribution is 5.95. The average molecular weight is 250 g/mol. The van der Waals surface area contributed by atoms with E-state index in [-0.39, 0.29) is 0 Å². The number of anilines is 1. The molecule has 0 bridgehead atoms. The summed E-state index contributed by atoms with van der Waals surface area (Å²) in [6, 6.07) is 1.96. The number of nitrogens with one attached hydrogen (secondary N) is 1. The summed E-state index contributed by atoms with van der Waals surface area (Å²) in [5.41, 5.74) is -1.31. The lowest BCUT2D eigenvalue weighted by Crippen LogP contribution is -2.30. The summed E-state index contributed by atoms with van der Waals surface area (Å²) in [5, 5.41) is 11.7. The summed E-state index contributed by atoms with van der Waals surface area (Å²) in [6.07, 6.45) is -5.11. The minimum Gasteiger partial charge on any atom is -0.545 e. The van der Waals surface area contributed by atoms with Crippen molar-refractivity contribution in [1.82, 2.24) is 0 Å². The Balaban J connectivity index is 2.92. The molecule has 1 aromatic carbocycles. The summed E-state index contributed by atoms with van der Waals surface area (Å²) in [7, 11) is 0. The number of alkyl halides is 3. The first-order valence-electron chi connectivity index (χ1n) is 4.11. The number of rotatable bonds is 2. The summed E-state index contributed by atoms with van der Waals surface area (Å²) >= 11 is 0. The first kappa shape index (κ1) is 12.9. The van der Waals surface area contributed by atoms with Gasteiger partial charge in [0.05, 0.1) is 5.97 Å². The Kier molecular flexibility index (Phi) is 3.35. The van der Waals surface area contributed by atoms with Gasteiger partial charge in [-0.25, -0.2) is 4.39 Å². The lowest BCUT2D eigenvalue weighted by molar-refractivity contribution is -0.255. The van der Waals surface area contributed by atoms with Crippen molar-refractivity contribution in [2.24, 2.45) is 0 Å². The normalized spacial score (nSPS) is 11.1. The molecule has 1 rings (SSSR count). The van der Waals surface area contributed by atoms with Crippen molar-refractivity contribution in [3.05, 3.63) is 29.6 Å². The number of carboxylic acids is 1. The van der Waals surface area contributed by atoms with E-state index in [1.54, 1.807) is 0 Å². The fraction of sp³-hybridized carbons (Fsp3) is 0.111. The highest BCUT2D eigenvalue weighted by atomic mass is 19.4. The van der Waals surface area contributed by atoms with Crippen molar-refractivity contribution in [2.45, 2.75) is 6.18 Å².